The fourth-order valence-electron chi connectivity index (χ4n) is 1.75. The second-order valence-corrected chi connectivity index (χ2v) is 4.58. The minimum atomic E-state index is -1.71. The molecule has 0 bridgehead atoms. The number of benzene rings is 2. The molecule has 0 aliphatic rings. The smallest absolute Gasteiger partial charge is 0.338 e. The summed E-state index contributed by atoms with van der Waals surface area (Å²) < 4.78 is 48.9. The van der Waals surface area contributed by atoms with Crippen molar-refractivity contribution in [2.24, 2.45) is 0 Å². The van der Waals surface area contributed by atoms with Crippen LogP contribution in [0.25, 0.3) is 0 Å². The number of ether oxygens (including phenoxy) is 2. The molecule has 1 amide bonds. The van der Waals surface area contributed by atoms with Crippen molar-refractivity contribution in [1.29, 1.82) is 0 Å². The van der Waals surface area contributed by atoms with Crippen LogP contribution in [-0.2, 0) is 9.53 Å². The van der Waals surface area contributed by atoms with Crippen LogP contribution in [0.1, 0.15) is 10.4 Å². The Bertz CT molecular complexity index is 763. The normalized spacial score (nSPS) is 10.2. The fourth-order valence-corrected chi connectivity index (χ4v) is 1.75. The van der Waals surface area contributed by atoms with Gasteiger partial charge in [-0.2, -0.15) is 0 Å². The molecule has 0 aliphatic heterocycles. The molecule has 2 aromatic carbocycles. The van der Waals surface area contributed by atoms with Gasteiger partial charge in [0.1, 0.15) is 5.75 Å². The maximum atomic E-state index is 13.4. The van der Waals surface area contributed by atoms with Gasteiger partial charge in [-0.3, -0.25) is 4.79 Å². The van der Waals surface area contributed by atoms with E-state index < -0.39 is 41.6 Å². The Hall–Kier alpha value is -3.03. The minimum Gasteiger partial charge on any atom is -0.497 e. The summed E-state index contributed by atoms with van der Waals surface area (Å²) in [5.74, 6) is -5.76. The van der Waals surface area contributed by atoms with Gasteiger partial charge >= 0.3 is 5.97 Å². The van der Waals surface area contributed by atoms with Crippen LogP contribution in [0, 0.1) is 17.5 Å². The highest BCUT2D eigenvalue weighted by Crippen LogP contribution is 2.19. The van der Waals surface area contributed by atoms with E-state index in [9.17, 15) is 22.8 Å². The summed E-state index contributed by atoms with van der Waals surface area (Å²) >= 11 is 0. The molecule has 5 nitrogen and oxygen atoms in total. The predicted molar refractivity (Wildman–Crippen MR) is 78.2 cm³/mol. The molecule has 0 radical (unpaired) electrons. The molecule has 126 valence electrons. The van der Waals surface area contributed by atoms with Gasteiger partial charge in [0, 0.05) is 0 Å². The van der Waals surface area contributed by atoms with Crippen molar-refractivity contribution in [3.63, 3.8) is 0 Å². The molecule has 2 rings (SSSR count). The number of esters is 1. The number of halogens is 3. The van der Waals surface area contributed by atoms with Crippen LogP contribution < -0.4 is 10.1 Å². The molecular formula is C16H12F3NO4. The van der Waals surface area contributed by atoms with E-state index in [0.717, 1.165) is 6.07 Å². The maximum Gasteiger partial charge on any atom is 0.338 e. The number of anilines is 1. The number of carbonyl (C=O) groups excluding carboxylic acids is 2. The number of carbonyl (C=O) groups is 2. The van der Waals surface area contributed by atoms with E-state index in [1.165, 1.54) is 31.4 Å². The lowest BCUT2D eigenvalue weighted by molar-refractivity contribution is -0.119. The highest BCUT2D eigenvalue weighted by molar-refractivity contribution is 5.95. The van der Waals surface area contributed by atoms with Crippen molar-refractivity contribution in [2.75, 3.05) is 19.0 Å². The summed E-state index contributed by atoms with van der Waals surface area (Å²) in [6.45, 7) is -0.719. The molecule has 8 heteroatoms. The van der Waals surface area contributed by atoms with E-state index in [2.05, 4.69) is 0 Å². The van der Waals surface area contributed by atoms with Gasteiger partial charge in [0.05, 0.1) is 18.4 Å². The molecule has 0 fully saturated rings. The van der Waals surface area contributed by atoms with E-state index in [1.54, 1.807) is 0 Å². The number of methoxy groups -OCH3 is 1. The Balaban J connectivity index is 1.93. The van der Waals surface area contributed by atoms with Crippen LogP contribution in [0.4, 0.5) is 18.9 Å². The summed E-state index contributed by atoms with van der Waals surface area (Å²) in [5, 5.41) is 1.99. The van der Waals surface area contributed by atoms with Crippen molar-refractivity contribution >= 4 is 17.6 Å². The Labute approximate surface area is 135 Å². The third kappa shape index (κ3) is 4.03. The Morgan fingerprint density at radius 1 is 1.00 bits per heavy atom. The van der Waals surface area contributed by atoms with E-state index in [1.807, 2.05) is 5.32 Å². The van der Waals surface area contributed by atoms with E-state index in [4.69, 9.17) is 9.47 Å². The first-order valence-electron chi connectivity index (χ1n) is 6.67. The number of hydrogen-bond acceptors (Lipinski definition) is 4. The average Bonchev–Trinajstić information content (AvgIpc) is 2.60. The molecule has 0 spiro atoms. The Morgan fingerprint density at radius 2 is 1.67 bits per heavy atom. The number of nitrogens with one attached hydrogen (secondary N) is 1. The van der Waals surface area contributed by atoms with Gasteiger partial charge in [0.25, 0.3) is 5.91 Å². The molecule has 0 aliphatic carbocycles. The SMILES string of the molecule is COc1ccc(C(=O)OCC(=O)Nc2ccc(F)c(F)c2F)cc1. The van der Waals surface area contributed by atoms with Gasteiger partial charge in [-0.05, 0) is 36.4 Å². The lowest BCUT2D eigenvalue weighted by Crippen LogP contribution is -2.21. The molecular weight excluding hydrogens is 327 g/mol. The molecule has 0 heterocycles. The lowest BCUT2D eigenvalue weighted by Gasteiger charge is -2.08. The van der Waals surface area contributed by atoms with Crippen molar-refractivity contribution < 1.29 is 32.2 Å². The van der Waals surface area contributed by atoms with Crippen LogP contribution in [0.2, 0.25) is 0 Å². The predicted octanol–water partition coefficient (Wildman–Crippen LogP) is 2.91. The maximum absolute atomic E-state index is 13.4. The van der Waals surface area contributed by atoms with Gasteiger partial charge in [0.2, 0.25) is 0 Å². The lowest BCUT2D eigenvalue weighted by atomic mass is 10.2. The van der Waals surface area contributed by atoms with Gasteiger partial charge in [-0.25, -0.2) is 18.0 Å². The monoisotopic (exact) mass is 339 g/mol. The quantitative estimate of drug-likeness (QED) is 0.672. The van der Waals surface area contributed by atoms with Crippen LogP contribution in [-0.4, -0.2) is 25.6 Å². The van der Waals surface area contributed by atoms with Crippen molar-refractivity contribution in [3.05, 3.63) is 59.4 Å². The first-order valence-corrected chi connectivity index (χ1v) is 6.67. The second kappa shape index (κ2) is 7.49. The number of rotatable bonds is 5. The van der Waals surface area contributed by atoms with Gasteiger partial charge < -0.3 is 14.8 Å². The zero-order chi connectivity index (χ0) is 17.7. The molecule has 1 N–H and O–H groups in total. The van der Waals surface area contributed by atoms with Gasteiger partial charge in [0.15, 0.2) is 24.1 Å². The van der Waals surface area contributed by atoms with Gasteiger partial charge in [-0.15, -0.1) is 0 Å². The van der Waals surface area contributed by atoms with Crippen LogP contribution in [0.3, 0.4) is 0 Å². The summed E-state index contributed by atoms with van der Waals surface area (Å²) in [7, 11) is 1.47. The van der Waals surface area contributed by atoms with Gasteiger partial charge in [-0.1, -0.05) is 0 Å². The largest absolute Gasteiger partial charge is 0.497 e. The zero-order valence-corrected chi connectivity index (χ0v) is 12.4. The summed E-state index contributed by atoms with van der Waals surface area (Å²) in [6, 6.07) is 7.47. The average molecular weight is 339 g/mol. The van der Waals surface area contributed by atoms with E-state index >= 15 is 0 Å². The Morgan fingerprint density at radius 3 is 2.29 bits per heavy atom. The van der Waals surface area contributed by atoms with Crippen molar-refractivity contribution in [1.82, 2.24) is 0 Å². The molecule has 24 heavy (non-hydrogen) atoms. The van der Waals surface area contributed by atoms with Crippen LogP contribution in [0.5, 0.6) is 5.75 Å². The topological polar surface area (TPSA) is 64.6 Å². The van der Waals surface area contributed by atoms with Crippen molar-refractivity contribution in [2.45, 2.75) is 0 Å². The van der Waals surface area contributed by atoms with E-state index in [0.29, 0.717) is 11.8 Å². The third-order valence-electron chi connectivity index (χ3n) is 2.97. The minimum absolute atomic E-state index is 0.183. The van der Waals surface area contributed by atoms with Crippen molar-refractivity contribution in [3.8, 4) is 5.75 Å². The summed E-state index contributed by atoms with van der Waals surface area (Å²) in [5.41, 5.74) is -0.373. The summed E-state index contributed by atoms with van der Waals surface area (Å²) in [4.78, 5) is 23.3. The Kier molecular flexibility index (Phi) is 5.41. The fraction of sp³-hybridized carbons (Fsp3) is 0.125. The highest BCUT2D eigenvalue weighted by Gasteiger charge is 2.16. The highest BCUT2D eigenvalue weighted by atomic mass is 19.2. The first-order chi connectivity index (χ1) is 11.4. The number of amides is 1. The molecule has 0 atom stereocenters. The molecule has 2 aromatic rings. The van der Waals surface area contributed by atoms with Crippen LogP contribution in [0.15, 0.2) is 36.4 Å². The summed E-state index contributed by atoms with van der Waals surface area (Å²) in [6.07, 6.45) is 0. The second-order valence-electron chi connectivity index (χ2n) is 4.58. The first kappa shape index (κ1) is 17.3. The zero-order valence-electron chi connectivity index (χ0n) is 12.4. The molecule has 0 aromatic heterocycles. The number of hydrogen-bond donors (Lipinski definition) is 1. The standard InChI is InChI=1S/C16H12F3NO4/c1-23-10-4-2-9(3-5-10)16(22)24-8-13(21)20-12-7-6-11(17)14(18)15(12)19/h2-7H,8H2,1H3,(H,20,21). The van der Waals surface area contributed by atoms with Crippen LogP contribution >= 0.6 is 0 Å². The van der Waals surface area contributed by atoms with E-state index in [-0.39, 0.29) is 5.56 Å². The molecule has 0 saturated heterocycles. The molecule has 0 saturated carbocycles. The third-order valence-corrected chi connectivity index (χ3v) is 2.97. The molecule has 0 unspecified atom stereocenters.